The minimum Gasteiger partial charge on any atom is -0.229 e. The van der Waals surface area contributed by atoms with Crippen molar-refractivity contribution in [3.05, 3.63) is 30.3 Å². The molecule has 21 heavy (non-hydrogen) atoms. The van der Waals surface area contributed by atoms with Crippen LogP contribution in [-0.4, -0.2) is 45.2 Å². The van der Waals surface area contributed by atoms with Gasteiger partial charge in [0.25, 0.3) is 0 Å². The second kappa shape index (κ2) is 6.46. The lowest BCUT2D eigenvalue weighted by atomic mass is 10.2. The predicted octanol–water partition coefficient (Wildman–Crippen LogP) is 1.66. The summed E-state index contributed by atoms with van der Waals surface area (Å²) in [5, 5.41) is 0. The maximum atomic E-state index is 12.8. The first-order chi connectivity index (χ1) is 9.87. The van der Waals surface area contributed by atoms with Gasteiger partial charge in [-0.05, 0) is 25.0 Å². The molecule has 1 aliphatic rings. The minimum atomic E-state index is -3.64. The molecular weight excluding hydrogens is 310 g/mol. The highest BCUT2D eigenvalue weighted by Crippen LogP contribution is 2.25. The Morgan fingerprint density at radius 1 is 1.24 bits per heavy atom. The molecule has 0 bridgehead atoms. The normalized spacial score (nSPS) is 21.7. The largest absolute Gasteiger partial charge is 0.243 e. The topological polar surface area (TPSA) is 71.5 Å². The van der Waals surface area contributed by atoms with Gasteiger partial charge < -0.3 is 0 Å². The van der Waals surface area contributed by atoms with Crippen molar-refractivity contribution in [2.24, 2.45) is 0 Å². The van der Waals surface area contributed by atoms with Crippen molar-refractivity contribution in [1.82, 2.24) is 4.31 Å². The molecule has 1 fully saturated rings. The fraction of sp³-hybridized carbons (Fsp3) is 0.571. The van der Waals surface area contributed by atoms with Gasteiger partial charge in [0.05, 0.1) is 16.4 Å². The summed E-state index contributed by atoms with van der Waals surface area (Å²) in [7, 11) is -6.75. The maximum absolute atomic E-state index is 12.8. The molecule has 0 saturated carbocycles. The third-order valence-electron chi connectivity index (χ3n) is 3.70. The molecule has 1 aromatic rings. The van der Waals surface area contributed by atoms with E-state index < -0.39 is 25.9 Å². The van der Waals surface area contributed by atoms with E-state index in [1.165, 1.54) is 4.31 Å². The number of hydrogen-bond acceptors (Lipinski definition) is 4. The molecule has 118 valence electrons. The van der Waals surface area contributed by atoms with Gasteiger partial charge in [-0.3, -0.25) is 0 Å². The SMILES string of the molecule is CCCCN([C@H]1CCS(=O)(=O)C1)S(=O)(=O)c1ccccc1. The Morgan fingerprint density at radius 2 is 1.90 bits per heavy atom. The van der Waals surface area contributed by atoms with Crippen LogP contribution in [0.4, 0.5) is 0 Å². The quantitative estimate of drug-likeness (QED) is 0.795. The molecular formula is C14H21NO4S2. The first kappa shape index (κ1) is 16.5. The molecule has 1 heterocycles. The molecule has 0 radical (unpaired) electrons. The van der Waals surface area contributed by atoms with E-state index in [-0.39, 0.29) is 16.4 Å². The summed E-state index contributed by atoms with van der Waals surface area (Å²) < 4.78 is 50.2. The van der Waals surface area contributed by atoms with E-state index in [4.69, 9.17) is 0 Å². The fourth-order valence-corrected chi connectivity index (χ4v) is 6.08. The number of nitrogens with zero attached hydrogens (tertiary/aromatic N) is 1. The minimum absolute atomic E-state index is 0.0667. The van der Waals surface area contributed by atoms with E-state index >= 15 is 0 Å². The Balaban J connectivity index is 2.32. The molecule has 0 aromatic heterocycles. The lowest BCUT2D eigenvalue weighted by Gasteiger charge is -2.27. The summed E-state index contributed by atoms with van der Waals surface area (Å²) in [6.07, 6.45) is 1.97. The average molecular weight is 331 g/mol. The second-order valence-electron chi connectivity index (χ2n) is 5.34. The Morgan fingerprint density at radius 3 is 2.43 bits per heavy atom. The monoisotopic (exact) mass is 331 g/mol. The number of sulfone groups is 1. The number of rotatable bonds is 6. The zero-order chi connectivity index (χ0) is 15.5. The molecule has 0 amide bonds. The van der Waals surface area contributed by atoms with Crippen LogP contribution in [0.15, 0.2) is 35.2 Å². The zero-order valence-electron chi connectivity index (χ0n) is 12.1. The van der Waals surface area contributed by atoms with E-state index in [0.717, 1.165) is 12.8 Å². The summed E-state index contributed by atoms with van der Waals surface area (Å²) in [5.74, 6) is 0.00732. The van der Waals surface area contributed by atoms with Crippen molar-refractivity contribution >= 4 is 19.9 Å². The molecule has 0 aliphatic carbocycles. The first-order valence-electron chi connectivity index (χ1n) is 7.14. The van der Waals surface area contributed by atoms with Crippen LogP contribution < -0.4 is 0 Å². The molecule has 1 atom stereocenters. The maximum Gasteiger partial charge on any atom is 0.243 e. The van der Waals surface area contributed by atoms with Gasteiger partial charge in [-0.25, -0.2) is 16.8 Å². The van der Waals surface area contributed by atoms with Crippen LogP contribution in [0.2, 0.25) is 0 Å². The molecule has 1 aliphatic heterocycles. The average Bonchev–Trinajstić information content (AvgIpc) is 2.80. The van der Waals surface area contributed by atoms with E-state index in [2.05, 4.69) is 0 Å². The molecule has 0 unspecified atom stereocenters. The smallest absolute Gasteiger partial charge is 0.229 e. The lowest BCUT2D eigenvalue weighted by molar-refractivity contribution is 0.335. The number of unbranched alkanes of at least 4 members (excludes halogenated alkanes) is 1. The Kier molecular flexibility index (Phi) is 5.06. The molecule has 1 saturated heterocycles. The summed E-state index contributed by atoms with van der Waals surface area (Å²) in [6, 6.07) is 7.78. The van der Waals surface area contributed by atoms with E-state index in [1.54, 1.807) is 30.3 Å². The van der Waals surface area contributed by atoms with Gasteiger partial charge >= 0.3 is 0 Å². The van der Waals surface area contributed by atoms with Crippen LogP contribution in [0.5, 0.6) is 0 Å². The lowest BCUT2D eigenvalue weighted by Crippen LogP contribution is -2.41. The highest BCUT2D eigenvalue weighted by atomic mass is 32.2. The van der Waals surface area contributed by atoms with Crippen LogP contribution >= 0.6 is 0 Å². The third kappa shape index (κ3) is 3.84. The van der Waals surface area contributed by atoms with Crippen LogP contribution in [0.1, 0.15) is 26.2 Å². The highest BCUT2D eigenvalue weighted by molar-refractivity contribution is 7.92. The van der Waals surface area contributed by atoms with Crippen molar-refractivity contribution < 1.29 is 16.8 Å². The Hall–Kier alpha value is -0.920. The van der Waals surface area contributed by atoms with Crippen molar-refractivity contribution in [2.45, 2.75) is 37.1 Å². The molecule has 7 heteroatoms. The van der Waals surface area contributed by atoms with Crippen LogP contribution in [0.25, 0.3) is 0 Å². The van der Waals surface area contributed by atoms with Gasteiger partial charge in [-0.15, -0.1) is 0 Å². The molecule has 0 N–H and O–H groups in total. The fourth-order valence-electron chi connectivity index (χ4n) is 2.54. The van der Waals surface area contributed by atoms with E-state index in [9.17, 15) is 16.8 Å². The Bertz CT molecular complexity index is 668. The first-order valence-corrected chi connectivity index (χ1v) is 10.4. The Labute approximate surface area is 126 Å². The van der Waals surface area contributed by atoms with E-state index in [1.807, 2.05) is 6.92 Å². The van der Waals surface area contributed by atoms with Gasteiger partial charge in [-0.2, -0.15) is 4.31 Å². The standard InChI is InChI=1S/C14H21NO4S2/c1-2-3-10-15(13-9-11-20(16,17)12-13)21(18,19)14-7-5-4-6-8-14/h4-8,13H,2-3,9-12H2,1H3/t13-/m0/s1. The highest BCUT2D eigenvalue weighted by Gasteiger charge is 2.38. The van der Waals surface area contributed by atoms with Crippen LogP contribution in [-0.2, 0) is 19.9 Å². The second-order valence-corrected chi connectivity index (χ2v) is 9.46. The molecule has 0 spiro atoms. The van der Waals surface area contributed by atoms with Crippen molar-refractivity contribution in [1.29, 1.82) is 0 Å². The van der Waals surface area contributed by atoms with Crippen molar-refractivity contribution in [3.63, 3.8) is 0 Å². The van der Waals surface area contributed by atoms with Crippen LogP contribution in [0.3, 0.4) is 0 Å². The predicted molar refractivity (Wildman–Crippen MR) is 82.3 cm³/mol. The summed E-state index contributed by atoms with van der Waals surface area (Å²) in [6.45, 7) is 2.35. The third-order valence-corrected chi connectivity index (χ3v) is 7.41. The molecule has 2 rings (SSSR count). The van der Waals surface area contributed by atoms with Gasteiger partial charge in [0.2, 0.25) is 10.0 Å². The van der Waals surface area contributed by atoms with Gasteiger partial charge in [0.15, 0.2) is 9.84 Å². The summed E-state index contributed by atoms with van der Waals surface area (Å²) in [5.41, 5.74) is 0. The van der Waals surface area contributed by atoms with Gasteiger partial charge in [0, 0.05) is 12.6 Å². The molecule has 1 aromatic carbocycles. The van der Waals surface area contributed by atoms with Crippen molar-refractivity contribution in [3.8, 4) is 0 Å². The number of sulfonamides is 1. The zero-order valence-corrected chi connectivity index (χ0v) is 13.7. The van der Waals surface area contributed by atoms with Crippen LogP contribution in [0, 0.1) is 0 Å². The van der Waals surface area contributed by atoms with Gasteiger partial charge in [0.1, 0.15) is 0 Å². The number of benzene rings is 1. The molecule has 5 nitrogen and oxygen atoms in total. The summed E-state index contributed by atoms with van der Waals surface area (Å²) in [4.78, 5) is 0.227. The van der Waals surface area contributed by atoms with E-state index in [0.29, 0.717) is 13.0 Å². The summed E-state index contributed by atoms with van der Waals surface area (Å²) >= 11 is 0. The number of hydrogen-bond donors (Lipinski definition) is 0. The van der Waals surface area contributed by atoms with Gasteiger partial charge in [-0.1, -0.05) is 31.5 Å². The van der Waals surface area contributed by atoms with Crippen molar-refractivity contribution in [2.75, 3.05) is 18.1 Å².